The molecule has 0 aliphatic carbocycles. The normalized spacial score (nSPS) is 12.9. The zero-order chi connectivity index (χ0) is 19.4. The molecule has 0 saturated heterocycles. The monoisotopic (exact) mass is 362 g/mol. The molecule has 6 nitrogen and oxygen atoms in total. The third-order valence-electron chi connectivity index (χ3n) is 3.67. The summed E-state index contributed by atoms with van der Waals surface area (Å²) < 4.78 is 16.7. The summed E-state index contributed by atoms with van der Waals surface area (Å²) in [4.78, 5) is 12.1. The van der Waals surface area contributed by atoms with Crippen LogP contribution in [0.1, 0.15) is 47.0 Å². The van der Waals surface area contributed by atoms with Crippen LogP contribution in [-0.2, 0) is 9.53 Å². The van der Waals surface area contributed by atoms with Crippen molar-refractivity contribution in [3.8, 4) is 17.6 Å². The molecule has 1 amide bonds. The lowest BCUT2D eigenvalue weighted by Gasteiger charge is -2.23. The number of rotatable bonds is 12. The van der Waals surface area contributed by atoms with Crippen LogP contribution < -0.4 is 14.8 Å². The third kappa shape index (κ3) is 8.21. The van der Waals surface area contributed by atoms with Crippen molar-refractivity contribution in [3.05, 3.63) is 24.3 Å². The van der Waals surface area contributed by atoms with Crippen molar-refractivity contribution in [3.63, 3.8) is 0 Å². The van der Waals surface area contributed by atoms with Crippen LogP contribution in [0.2, 0.25) is 0 Å². The van der Waals surface area contributed by atoms with Crippen LogP contribution in [0, 0.1) is 11.3 Å². The van der Waals surface area contributed by atoms with Gasteiger partial charge in [0.1, 0.15) is 5.54 Å². The Balaban J connectivity index is 2.36. The highest BCUT2D eigenvalue weighted by molar-refractivity contribution is 5.77. The van der Waals surface area contributed by atoms with E-state index in [0.717, 1.165) is 0 Å². The van der Waals surface area contributed by atoms with Crippen LogP contribution in [0.15, 0.2) is 24.3 Å². The summed E-state index contributed by atoms with van der Waals surface area (Å²) >= 11 is 0. The van der Waals surface area contributed by atoms with Gasteiger partial charge in [0.2, 0.25) is 5.91 Å². The average Bonchev–Trinajstić information content (AvgIpc) is 2.60. The molecule has 1 aromatic rings. The van der Waals surface area contributed by atoms with Crippen molar-refractivity contribution in [2.45, 2.75) is 58.6 Å². The Bertz CT molecular complexity index is 598. The first-order valence-electron chi connectivity index (χ1n) is 9.08. The number of carbonyl (C=O) groups excluding carboxylic acids is 1. The van der Waals surface area contributed by atoms with E-state index in [1.165, 1.54) is 0 Å². The molecule has 26 heavy (non-hydrogen) atoms. The Kier molecular flexibility index (Phi) is 9.53. The molecular weight excluding hydrogens is 332 g/mol. The van der Waals surface area contributed by atoms with Crippen LogP contribution in [0.3, 0.4) is 0 Å². The number of hydrogen-bond donors (Lipinski definition) is 1. The van der Waals surface area contributed by atoms with Crippen LogP contribution in [-0.4, -0.2) is 37.4 Å². The second-order valence-corrected chi connectivity index (χ2v) is 6.49. The second kappa shape index (κ2) is 11.4. The molecule has 144 valence electrons. The largest absolute Gasteiger partial charge is 0.490 e. The average molecular weight is 362 g/mol. The van der Waals surface area contributed by atoms with Crippen LogP contribution >= 0.6 is 0 Å². The van der Waals surface area contributed by atoms with Gasteiger partial charge in [-0.05, 0) is 46.2 Å². The number of hydrogen-bond acceptors (Lipinski definition) is 5. The highest BCUT2D eigenvalue weighted by Gasteiger charge is 2.25. The maximum Gasteiger partial charge on any atom is 0.221 e. The number of para-hydroxylation sites is 2. The lowest BCUT2D eigenvalue weighted by Crippen LogP contribution is -2.45. The first kappa shape index (κ1) is 21.8. The molecule has 0 spiro atoms. The number of nitrogens with one attached hydrogen (secondary N) is 1. The molecule has 0 radical (unpaired) electrons. The molecule has 0 aliphatic rings. The Morgan fingerprint density at radius 1 is 1.23 bits per heavy atom. The van der Waals surface area contributed by atoms with Crippen molar-refractivity contribution < 1.29 is 19.0 Å². The lowest BCUT2D eigenvalue weighted by molar-refractivity contribution is -0.122. The van der Waals surface area contributed by atoms with Gasteiger partial charge in [-0.25, -0.2) is 0 Å². The van der Waals surface area contributed by atoms with E-state index in [1.807, 2.05) is 45.0 Å². The maximum absolute atomic E-state index is 12.1. The van der Waals surface area contributed by atoms with E-state index in [1.54, 1.807) is 6.92 Å². The zero-order valence-corrected chi connectivity index (χ0v) is 16.2. The summed E-state index contributed by atoms with van der Waals surface area (Å²) in [5.41, 5.74) is -0.922. The molecule has 0 fully saturated rings. The molecule has 1 atom stereocenters. The van der Waals surface area contributed by atoms with Crippen LogP contribution in [0.25, 0.3) is 0 Å². The predicted molar refractivity (Wildman–Crippen MR) is 100 cm³/mol. The number of carbonyl (C=O) groups is 1. The highest BCUT2D eigenvalue weighted by Crippen LogP contribution is 2.26. The maximum atomic E-state index is 12.1. The summed E-state index contributed by atoms with van der Waals surface area (Å²) in [6, 6.07) is 9.61. The van der Waals surface area contributed by atoms with Crippen molar-refractivity contribution in [1.82, 2.24) is 5.32 Å². The van der Waals surface area contributed by atoms with Crippen molar-refractivity contribution in [1.29, 1.82) is 5.26 Å². The van der Waals surface area contributed by atoms with Gasteiger partial charge in [-0.2, -0.15) is 5.26 Å². The van der Waals surface area contributed by atoms with E-state index >= 15 is 0 Å². The summed E-state index contributed by atoms with van der Waals surface area (Å²) in [5.74, 6) is 1.20. The third-order valence-corrected chi connectivity index (χ3v) is 3.67. The summed E-state index contributed by atoms with van der Waals surface area (Å²) in [7, 11) is 0. The summed E-state index contributed by atoms with van der Waals surface area (Å²) in [6.07, 6.45) is 1.39. The Hall–Kier alpha value is -2.26. The van der Waals surface area contributed by atoms with Crippen molar-refractivity contribution in [2.75, 3.05) is 19.8 Å². The van der Waals surface area contributed by atoms with Gasteiger partial charge in [0, 0.05) is 12.8 Å². The number of nitriles is 1. The number of amides is 1. The van der Waals surface area contributed by atoms with E-state index in [2.05, 4.69) is 11.4 Å². The molecule has 1 unspecified atom stereocenters. The van der Waals surface area contributed by atoms with Gasteiger partial charge in [0.25, 0.3) is 0 Å². The first-order chi connectivity index (χ1) is 12.4. The van der Waals surface area contributed by atoms with E-state index in [4.69, 9.17) is 14.2 Å². The van der Waals surface area contributed by atoms with E-state index in [0.29, 0.717) is 50.6 Å². The number of nitrogens with zero attached hydrogens (tertiary/aromatic N) is 1. The molecule has 0 bridgehead atoms. The minimum atomic E-state index is -0.922. The van der Waals surface area contributed by atoms with Gasteiger partial charge in [-0.15, -0.1) is 0 Å². The minimum Gasteiger partial charge on any atom is -0.490 e. The molecule has 1 rings (SSSR count). The number of ether oxygens (including phenoxy) is 3. The van der Waals surface area contributed by atoms with Gasteiger partial charge < -0.3 is 19.5 Å². The van der Waals surface area contributed by atoms with Gasteiger partial charge in [0.05, 0.1) is 32.0 Å². The van der Waals surface area contributed by atoms with Gasteiger partial charge in [0.15, 0.2) is 11.5 Å². The fraction of sp³-hybridized carbons (Fsp3) is 0.600. The summed E-state index contributed by atoms with van der Waals surface area (Å²) in [6.45, 7) is 8.90. The van der Waals surface area contributed by atoms with E-state index < -0.39 is 5.54 Å². The molecule has 0 aliphatic heterocycles. The van der Waals surface area contributed by atoms with Gasteiger partial charge >= 0.3 is 0 Å². The lowest BCUT2D eigenvalue weighted by atomic mass is 10.00. The minimum absolute atomic E-state index is 0.102. The molecule has 1 N–H and O–H groups in total. The van der Waals surface area contributed by atoms with Crippen molar-refractivity contribution >= 4 is 5.91 Å². The predicted octanol–water partition coefficient (Wildman–Crippen LogP) is 3.46. The van der Waals surface area contributed by atoms with Gasteiger partial charge in [-0.3, -0.25) is 4.79 Å². The molecule has 6 heteroatoms. The summed E-state index contributed by atoms with van der Waals surface area (Å²) in [5, 5.41) is 12.1. The smallest absolute Gasteiger partial charge is 0.221 e. The van der Waals surface area contributed by atoms with Crippen molar-refractivity contribution in [2.24, 2.45) is 0 Å². The Morgan fingerprint density at radius 3 is 2.46 bits per heavy atom. The molecule has 1 aromatic carbocycles. The highest BCUT2D eigenvalue weighted by atomic mass is 16.5. The molecule has 0 saturated carbocycles. The van der Waals surface area contributed by atoms with Crippen LogP contribution in [0.5, 0.6) is 11.5 Å². The standard InChI is InChI=1S/C20H30N2O4/c1-5-24-17-9-6-7-10-18(17)26-13-8-11-19(23)22-20(4,15-21)12-14-25-16(2)3/h6-7,9-10,16H,5,8,11-14H2,1-4H3,(H,22,23). The molecule has 0 aromatic heterocycles. The van der Waals surface area contributed by atoms with Crippen LogP contribution in [0.4, 0.5) is 0 Å². The topological polar surface area (TPSA) is 80.6 Å². The van der Waals surface area contributed by atoms with E-state index in [-0.39, 0.29) is 12.0 Å². The Labute approximate surface area is 156 Å². The molecule has 0 heterocycles. The SMILES string of the molecule is CCOc1ccccc1OCCCC(=O)NC(C)(C#N)CCOC(C)C. The first-order valence-corrected chi connectivity index (χ1v) is 9.08. The molecular formula is C20H30N2O4. The zero-order valence-electron chi connectivity index (χ0n) is 16.2. The second-order valence-electron chi connectivity index (χ2n) is 6.49. The fourth-order valence-corrected chi connectivity index (χ4v) is 2.27. The quantitative estimate of drug-likeness (QED) is 0.576. The van der Waals surface area contributed by atoms with Gasteiger partial charge in [-0.1, -0.05) is 12.1 Å². The Morgan fingerprint density at radius 2 is 1.88 bits per heavy atom. The number of benzene rings is 1. The van der Waals surface area contributed by atoms with E-state index in [9.17, 15) is 10.1 Å². The fourth-order valence-electron chi connectivity index (χ4n) is 2.27.